The van der Waals surface area contributed by atoms with Crippen molar-refractivity contribution in [3.05, 3.63) is 28.2 Å². The lowest BCUT2D eigenvalue weighted by atomic mass is 9.94. The van der Waals surface area contributed by atoms with Crippen molar-refractivity contribution in [2.75, 3.05) is 0 Å². The van der Waals surface area contributed by atoms with Crippen LogP contribution in [0.3, 0.4) is 0 Å². The van der Waals surface area contributed by atoms with Crippen LogP contribution in [0.5, 0.6) is 0 Å². The summed E-state index contributed by atoms with van der Waals surface area (Å²) in [6.07, 6.45) is 0.855. The predicted octanol–water partition coefficient (Wildman–Crippen LogP) is 5.87. The zero-order valence-corrected chi connectivity index (χ0v) is 16.9. The second-order valence-corrected chi connectivity index (χ2v) is 9.33. The van der Waals surface area contributed by atoms with Gasteiger partial charge >= 0.3 is 0 Å². The first kappa shape index (κ1) is 17.9. The van der Waals surface area contributed by atoms with Gasteiger partial charge in [0.2, 0.25) is 0 Å². The molecule has 1 unspecified atom stereocenters. The van der Waals surface area contributed by atoms with Crippen LogP contribution < -0.4 is 0 Å². The molecule has 0 aliphatic carbocycles. The van der Waals surface area contributed by atoms with Crippen LogP contribution in [0.4, 0.5) is 0 Å². The number of carbonyl (C=O) groups is 1. The lowest BCUT2D eigenvalue weighted by Gasteiger charge is -2.40. The molecule has 1 aromatic carbocycles. The van der Waals surface area contributed by atoms with Gasteiger partial charge in [-0.3, -0.25) is 4.79 Å². The summed E-state index contributed by atoms with van der Waals surface area (Å²) in [7, 11) is 0. The molecule has 0 saturated heterocycles. The van der Waals surface area contributed by atoms with Gasteiger partial charge in [-0.1, -0.05) is 15.9 Å². The lowest BCUT2D eigenvalue weighted by Crippen LogP contribution is -2.42. The van der Waals surface area contributed by atoms with Gasteiger partial charge in [0.25, 0.3) is 0 Å². The van der Waals surface area contributed by atoms with E-state index in [4.69, 9.17) is 4.52 Å². The third kappa shape index (κ3) is 4.67. The van der Waals surface area contributed by atoms with Gasteiger partial charge in [0.15, 0.2) is 6.29 Å². The van der Waals surface area contributed by atoms with Crippen LogP contribution in [0.1, 0.15) is 38.1 Å². The molecule has 0 heterocycles. The Morgan fingerprint density at radius 1 is 1.37 bits per heavy atom. The number of thioether (sulfide) groups is 1. The molecule has 0 radical (unpaired) electrons. The van der Waals surface area contributed by atoms with Crippen LogP contribution in [0, 0.1) is 0 Å². The third-order valence-electron chi connectivity index (χ3n) is 3.22. The van der Waals surface area contributed by atoms with Crippen molar-refractivity contribution in [1.82, 2.24) is 0 Å². The van der Waals surface area contributed by atoms with Gasteiger partial charge in [0, 0.05) is 19.7 Å². The number of aldehydes is 1. The Kier molecular flexibility index (Phi) is 6.79. The van der Waals surface area contributed by atoms with Crippen molar-refractivity contribution < 1.29 is 9.32 Å². The van der Waals surface area contributed by atoms with Crippen molar-refractivity contribution in [1.29, 1.82) is 0 Å². The molecule has 0 fully saturated rings. The van der Waals surface area contributed by atoms with E-state index in [-0.39, 0.29) is 10.3 Å². The number of halogens is 2. The second-order valence-electron chi connectivity index (χ2n) is 5.10. The molecular weight excluding hydrogens is 458 g/mol. The molecule has 6 heteroatoms. The lowest BCUT2D eigenvalue weighted by molar-refractivity contribution is 0.101. The Hall–Kier alpha value is 0.840. The summed E-state index contributed by atoms with van der Waals surface area (Å²) in [6, 6.07) is 5.80. The normalized spacial score (nSPS) is 13.2. The maximum atomic E-state index is 10.8. The van der Waals surface area contributed by atoms with Crippen molar-refractivity contribution >= 4 is 62.5 Å². The monoisotopic (exact) mass is 474 g/mol. The van der Waals surface area contributed by atoms with Crippen LogP contribution in [-0.2, 0) is 4.52 Å². The fourth-order valence-electron chi connectivity index (χ4n) is 1.30. The minimum atomic E-state index is -0.229. The van der Waals surface area contributed by atoms with Crippen LogP contribution in [0.25, 0.3) is 0 Å². The van der Waals surface area contributed by atoms with Crippen molar-refractivity contribution in [2.45, 2.75) is 42.9 Å². The Morgan fingerprint density at radius 2 is 2.00 bits per heavy atom. The topological polar surface area (TPSA) is 26.3 Å². The summed E-state index contributed by atoms with van der Waals surface area (Å²) < 4.78 is 6.62. The molecule has 106 valence electrons. The van der Waals surface area contributed by atoms with Crippen molar-refractivity contribution in [3.63, 3.8) is 0 Å². The molecule has 19 heavy (non-hydrogen) atoms. The highest BCUT2D eigenvalue weighted by Crippen LogP contribution is 2.46. The Bertz CT molecular complexity index is 466. The Balaban J connectivity index is 2.95. The van der Waals surface area contributed by atoms with Gasteiger partial charge in [-0.05, 0) is 67.9 Å². The molecule has 0 saturated carbocycles. The molecule has 0 amide bonds. The third-order valence-corrected chi connectivity index (χ3v) is 6.64. The molecular formula is C13H17BrIO2PS. The van der Waals surface area contributed by atoms with E-state index < -0.39 is 0 Å². The average molecular weight is 475 g/mol. The van der Waals surface area contributed by atoms with E-state index in [9.17, 15) is 4.79 Å². The minimum absolute atomic E-state index is 0.0761. The molecule has 0 spiro atoms. The van der Waals surface area contributed by atoms with E-state index in [0.717, 1.165) is 15.7 Å². The van der Waals surface area contributed by atoms with Crippen LogP contribution in [0.2, 0.25) is 0 Å². The summed E-state index contributed by atoms with van der Waals surface area (Å²) in [4.78, 5) is 11.9. The van der Waals surface area contributed by atoms with Crippen LogP contribution in [0.15, 0.2) is 27.6 Å². The van der Waals surface area contributed by atoms with Crippen LogP contribution in [-0.4, -0.2) is 16.6 Å². The molecule has 0 aliphatic heterocycles. The highest BCUT2D eigenvalue weighted by atomic mass is 127. The van der Waals surface area contributed by atoms with Gasteiger partial charge in [-0.25, -0.2) is 0 Å². The number of hydrogen-bond donors (Lipinski definition) is 0. The summed E-state index contributed by atoms with van der Waals surface area (Å²) in [5.74, 6) is 0. The van der Waals surface area contributed by atoms with E-state index in [1.807, 2.05) is 18.2 Å². The standard InChI is InChI=1S/C13H17BrIO2PS/c1-12(2,17-18-15)13(3,4)19-10-6-5-9(8-16)11(14)7-10/h5-8,18H,1-4H3. The SMILES string of the molecule is CC(C)(OPI)C(C)(C)Sc1ccc(C=O)c(Br)c1. The van der Waals surface area contributed by atoms with Gasteiger partial charge in [0.05, 0.1) is 12.1 Å². The second kappa shape index (κ2) is 7.21. The molecule has 1 aromatic rings. The number of hydrogen-bond acceptors (Lipinski definition) is 3. The minimum Gasteiger partial charge on any atom is -0.345 e. The maximum absolute atomic E-state index is 10.8. The molecule has 0 bridgehead atoms. The van der Waals surface area contributed by atoms with E-state index in [0.29, 0.717) is 12.0 Å². The van der Waals surface area contributed by atoms with Gasteiger partial charge < -0.3 is 4.52 Å². The van der Waals surface area contributed by atoms with Crippen molar-refractivity contribution in [2.24, 2.45) is 0 Å². The smallest absolute Gasteiger partial charge is 0.151 e. The number of rotatable bonds is 6. The van der Waals surface area contributed by atoms with Gasteiger partial charge in [-0.2, -0.15) is 0 Å². The van der Waals surface area contributed by atoms with E-state index in [1.165, 1.54) is 0 Å². The van der Waals surface area contributed by atoms with Crippen molar-refractivity contribution in [3.8, 4) is 0 Å². The zero-order valence-electron chi connectivity index (χ0n) is 11.3. The van der Waals surface area contributed by atoms with Crippen LogP contribution >= 0.6 is 56.2 Å². The number of carbonyl (C=O) groups excluding carboxylic acids is 1. The fraction of sp³-hybridized carbons (Fsp3) is 0.462. The number of benzene rings is 1. The fourth-order valence-corrected chi connectivity index (χ4v) is 5.29. The molecule has 0 aromatic heterocycles. The summed E-state index contributed by atoms with van der Waals surface area (Å²) in [5.41, 5.74) is 0.444. The molecule has 0 N–H and O–H groups in total. The first-order chi connectivity index (χ1) is 8.73. The summed E-state index contributed by atoms with van der Waals surface area (Å²) in [5, 5.41) is 0. The van der Waals surface area contributed by atoms with E-state index >= 15 is 0 Å². The summed E-state index contributed by atoms with van der Waals surface area (Å²) >= 11 is 7.42. The Labute approximate surface area is 142 Å². The predicted molar refractivity (Wildman–Crippen MR) is 97.0 cm³/mol. The largest absolute Gasteiger partial charge is 0.345 e. The van der Waals surface area contributed by atoms with E-state index in [2.05, 4.69) is 65.7 Å². The zero-order chi connectivity index (χ0) is 14.7. The quantitative estimate of drug-likeness (QED) is 0.223. The maximum Gasteiger partial charge on any atom is 0.151 e. The first-order valence-electron chi connectivity index (χ1n) is 5.71. The first-order valence-corrected chi connectivity index (χ1v) is 11.3. The molecule has 1 atom stereocenters. The molecule has 1 rings (SSSR count). The van der Waals surface area contributed by atoms with Gasteiger partial charge in [-0.15, -0.1) is 11.8 Å². The highest BCUT2D eigenvalue weighted by molar-refractivity contribution is 14.2. The van der Waals surface area contributed by atoms with E-state index in [1.54, 1.807) is 11.8 Å². The molecule has 0 aliphatic rings. The summed E-state index contributed by atoms with van der Waals surface area (Å²) in [6.45, 7) is 9.02. The average Bonchev–Trinajstić information content (AvgIpc) is 2.28. The Morgan fingerprint density at radius 3 is 2.47 bits per heavy atom. The molecule has 2 nitrogen and oxygen atoms in total. The van der Waals surface area contributed by atoms with Gasteiger partial charge in [0.1, 0.15) is 0 Å². The highest BCUT2D eigenvalue weighted by Gasteiger charge is 2.39.